The monoisotopic (exact) mass is 641 g/mol. The number of rotatable bonds is 13. The number of nitrogens with zero attached hydrogens (tertiary/aromatic N) is 1. The highest BCUT2D eigenvalue weighted by Crippen LogP contribution is 2.40. The number of nitrogens with one attached hydrogen (secondary N) is 2. The molecular weight excluding hydrogens is 606 g/mol. The lowest BCUT2D eigenvalue weighted by molar-refractivity contribution is -0.122. The predicted molar refractivity (Wildman–Crippen MR) is 184 cm³/mol. The van der Waals surface area contributed by atoms with Crippen LogP contribution in [0.4, 0.5) is 0 Å². The molecule has 0 radical (unpaired) electrons. The van der Waals surface area contributed by atoms with Gasteiger partial charge in [-0.2, -0.15) is 0 Å². The molecule has 1 aliphatic heterocycles. The maximum Gasteiger partial charge on any atom is 0.259 e. The molecule has 2 amide bonds. The molecule has 9 heteroatoms. The summed E-state index contributed by atoms with van der Waals surface area (Å²) in [7, 11) is 0. The lowest BCUT2D eigenvalue weighted by Gasteiger charge is -2.13. The smallest absolute Gasteiger partial charge is 0.259 e. The van der Waals surface area contributed by atoms with Gasteiger partial charge in [-0.15, -0.1) is 0 Å². The molecule has 7 rings (SSSR count). The first-order chi connectivity index (χ1) is 23.5. The minimum absolute atomic E-state index is 0.167. The van der Waals surface area contributed by atoms with Crippen LogP contribution in [0, 0.1) is 0 Å². The Morgan fingerprint density at radius 1 is 0.750 bits per heavy atom. The third-order valence-electron chi connectivity index (χ3n) is 8.39. The summed E-state index contributed by atoms with van der Waals surface area (Å²) in [5.74, 6) is 0.268. The van der Waals surface area contributed by atoms with Gasteiger partial charge in [0.15, 0.2) is 0 Å². The molecule has 1 unspecified atom stereocenters. The van der Waals surface area contributed by atoms with E-state index < -0.39 is 17.9 Å². The highest BCUT2D eigenvalue weighted by molar-refractivity contribution is 6.50. The summed E-state index contributed by atoms with van der Waals surface area (Å²) in [6.07, 6.45) is 2.79. The van der Waals surface area contributed by atoms with Crippen molar-refractivity contribution in [2.24, 2.45) is 0 Å². The SMILES string of the molecule is CCOCC(O)Cn1cc(C2=C(c3c[nH]c4ccc(OCc5ccccc5)cc34)C(=O)NC2=O)c2cc(OCc3ccccc3)ccc21. The van der Waals surface area contributed by atoms with Gasteiger partial charge in [-0.05, 0) is 54.4 Å². The van der Waals surface area contributed by atoms with Gasteiger partial charge in [0.1, 0.15) is 24.7 Å². The number of ether oxygens (including phenoxy) is 3. The van der Waals surface area contributed by atoms with Gasteiger partial charge in [0, 0.05) is 51.9 Å². The van der Waals surface area contributed by atoms with Crippen molar-refractivity contribution in [1.29, 1.82) is 0 Å². The van der Waals surface area contributed by atoms with Crippen LogP contribution in [0.1, 0.15) is 29.2 Å². The number of H-pyrrole nitrogens is 1. The molecule has 9 nitrogen and oxygen atoms in total. The Morgan fingerprint density at radius 2 is 1.35 bits per heavy atom. The first kappa shape index (κ1) is 31.0. The largest absolute Gasteiger partial charge is 0.489 e. The van der Waals surface area contributed by atoms with Crippen molar-refractivity contribution in [3.05, 3.63) is 132 Å². The lowest BCUT2D eigenvalue weighted by Crippen LogP contribution is -2.22. The van der Waals surface area contributed by atoms with E-state index in [1.165, 1.54) is 0 Å². The molecule has 3 heterocycles. The van der Waals surface area contributed by atoms with E-state index >= 15 is 0 Å². The molecule has 0 bridgehead atoms. The van der Waals surface area contributed by atoms with Crippen molar-refractivity contribution in [3.63, 3.8) is 0 Å². The van der Waals surface area contributed by atoms with Crippen LogP contribution in [0.3, 0.4) is 0 Å². The van der Waals surface area contributed by atoms with Crippen molar-refractivity contribution in [2.45, 2.75) is 32.8 Å². The maximum atomic E-state index is 13.6. The molecule has 4 aromatic carbocycles. The minimum atomic E-state index is -0.780. The Labute approximate surface area is 277 Å². The highest BCUT2D eigenvalue weighted by Gasteiger charge is 2.35. The molecule has 1 atom stereocenters. The Balaban J connectivity index is 1.31. The topological polar surface area (TPSA) is 115 Å². The molecule has 0 spiro atoms. The number of amides is 2. The third-order valence-corrected chi connectivity index (χ3v) is 8.39. The number of carbonyl (C=O) groups excluding carboxylic acids is 2. The minimum Gasteiger partial charge on any atom is -0.489 e. The van der Waals surface area contributed by atoms with E-state index in [-0.39, 0.29) is 24.3 Å². The normalized spacial score (nSPS) is 13.8. The van der Waals surface area contributed by atoms with Crippen LogP contribution in [0.15, 0.2) is 109 Å². The van der Waals surface area contributed by atoms with Gasteiger partial charge in [0.25, 0.3) is 11.8 Å². The molecule has 6 aromatic rings. The standard InChI is InChI=1S/C39H35N3O6/c1-2-46-24-27(43)20-42-21-33(31-18-29(14-16-35(31)42)48-23-26-11-7-4-8-12-26)37-36(38(44)41-39(37)45)32-19-40-34-15-13-28(17-30(32)34)47-22-25-9-5-3-6-10-25/h3-19,21,27,40,43H,2,20,22-24H2,1H3,(H,41,44,45). The van der Waals surface area contributed by atoms with Gasteiger partial charge < -0.3 is 28.9 Å². The van der Waals surface area contributed by atoms with Crippen LogP contribution >= 0.6 is 0 Å². The average molecular weight is 642 g/mol. The number of imide groups is 1. The van der Waals surface area contributed by atoms with Crippen LogP contribution in [0.5, 0.6) is 11.5 Å². The van der Waals surface area contributed by atoms with Crippen LogP contribution in [-0.4, -0.2) is 45.8 Å². The van der Waals surface area contributed by atoms with Crippen LogP contribution < -0.4 is 14.8 Å². The zero-order chi connectivity index (χ0) is 33.0. The number of aliphatic hydroxyl groups is 1. The number of hydrogen-bond donors (Lipinski definition) is 3. The summed E-state index contributed by atoms with van der Waals surface area (Å²) in [6.45, 7) is 3.52. The Bertz CT molecular complexity index is 2130. The van der Waals surface area contributed by atoms with Crippen molar-refractivity contribution in [3.8, 4) is 11.5 Å². The Morgan fingerprint density at radius 3 is 2.00 bits per heavy atom. The van der Waals surface area contributed by atoms with Gasteiger partial charge >= 0.3 is 0 Å². The number of aromatic nitrogens is 2. The molecule has 0 aliphatic carbocycles. The molecular formula is C39H35N3O6. The third kappa shape index (κ3) is 6.33. The number of aliphatic hydroxyl groups excluding tert-OH is 1. The summed E-state index contributed by atoms with van der Waals surface area (Å²) in [5.41, 5.74) is 5.29. The zero-order valence-electron chi connectivity index (χ0n) is 26.4. The van der Waals surface area contributed by atoms with E-state index in [9.17, 15) is 14.7 Å². The van der Waals surface area contributed by atoms with Gasteiger partial charge in [0.05, 0.1) is 30.4 Å². The van der Waals surface area contributed by atoms with Gasteiger partial charge in [-0.25, -0.2) is 0 Å². The fraction of sp³-hybridized carbons (Fsp3) is 0.179. The van der Waals surface area contributed by atoms with Crippen LogP contribution in [0.2, 0.25) is 0 Å². The van der Waals surface area contributed by atoms with Crippen LogP contribution in [0.25, 0.3) is 33.0 Å². The summed E-state index contributed by atoms with van der Waals surface area (Å²) in [4.78, 5) is 30.4. The number of carbonyl (C=O) groups is 2. The quantitative estimate of drug-likeness (QED) is 0.129. The van der Waals surface area contributed by atoms with Gasteiger partial charge in [-0.3, -0.25) is 14.9 Å². The molecule has 2 aromatic heterocycles. The Kier molecular flexibility index (Phi) is 8.78. The van der Waals surface area contributed by atoms with Gasteiger partial charge in [0.2, 0.25) is 0 Å². The van der Waals surface area contributed by atoms with E-state index in [0.717, 1.165) is 27.5 Å². The summed E-state index contributed by atoms with van der Waals surface area (Å²) in [6, 6.07) is 31.0. The second kappa shape index (κ2) is 13.6. The predicted octanol–water partition coefficient (Wildman–Crippen LogP) is 6.25. The van der Waals surface area contributed by atoms with Gasteiger partial charge in [-0.1, -0.05) is 60.7 Å². The number of fused-ring (bicyclic) bond motifs is 2. The first-order valence-electron chi connectivity index (χ1n) is 15.9. The molecule has 0 fully saturated rings. The van der Waals surface area contributed by atoms with E-state index in [1.54, 1.807) is 6.20 Å². The second-order valence-corrected chi connectivity index (χ2v) is 11.7. The highest BCUT2D eigenvalue weighted by atomic mass is 16.5. The van der Waals surface area contributed by atoms with Crippen molar-refractivity contribution in [1.82, 2.24) is 14.9 Å². The van der Waals surface area contributed by atoms with E-state index in [1.807, 2.05) is 115 Å². The summed E-state index contributed by atoms with van der Waals surface area (Å²) in [5, 5.41) is 14.8. The van der Waals surface area contributed by atoms with Crippen LogP contribution in [-0.2, 0) is 34.1 Å². The second-order valence-electron chi connectivity index (χ2n) is 11.7. The van der Waals surface area contributed by atoms with E-state index in [4.69, 9.17) is 14.2 Å². The van der Waals surface area contributed by atoms with E-state index in [2.05, 4.69) is 10.3 Å². The summed E-state index contributed by atoms with van der Waals surface area (Å²) < 4.78 is 19.6. The van der Waals surface area contributed by atoms with Crippen molar-refractivity contribution >= 4 is 44.8 Å². The van der Waals surface area contributed by atoms with E-state index in [0.29, 0.717) is 47.8 Å². The number of hydrogen-bond acceptors (Lipinski definition) is 6. The lowest BCUT2D eigenvalue weighted by atomic mass is 9.95. The number of benzene rings is 4. The number of aromatic amines is 1. The molecule has 242 valence electrons. The zero-order valence-corrected chi connectivity index (χ0v) is 26.4. The Hall–Kier alpha value is -5.64. The molecule has 0 saturated carbocycles. The average Bonchev–Trinajstić information content (AvgIpc) is 3.77. The molecule has 1 aliphatic rings. The first-order valence-corrected chi connectivity index (χ1v) is 15.9. The molecule has 0 saturated heterocycles. The molecule has 3 N–H and O–H groups in total. The fourth-order valence-corrected chi connectivity index (χ4v) is 6.10. The fourth-order valence-electron chi connectivity index (χ4n) is 6.10. The maximum absolute atomic E-state index is 13.6. The summed E-state index contributed by atoms with van der Waals surface area (Å²) >= 11 is 0. The van der Waals surface area contributed by atoms with Crippen molar-refractivity contribution in [2.75, 3.05) is 13.2 Å². The molecule has 48 heavy (non-hydrogen) atoms. The van der Waals surface area contributed by atoms with Crippen molar-refractivity contribution < 1.29 is 28.9 Å².